The van der Waals surface area contributed by atoms with Crippen molar-refractivity contribution >= 4 is 33.5 Å². The van der Waals surface area contributed by atoms with Crippen LogP contribution in [0, 0.1) is 0 Å². The summed E-state index contributed by atoms with van der Waals surface area (Å²) in [6.45, 7) is 5.17. The zero-order valence-corrected chi connectivity index (χ0v) is 26.0. The van der Waals surface area contributed by atoms with E-state index in [4.69, 9.17) is 15.7 Å². The number of hydrogen-bond acceptors (Lipinski definition) is 1. The lowest BCUT2D eigenvalue weighted by atomic mass is 9.82. The number of rotatable bonds is 5. The second-order valence-corrected chi connectivity index (χ2v) is 12.5. The molecule has 46 heavy (non-hydrogen) atoms. The maximum Gasteiger partial charge on any atom is 0.157 e. The van der Waals surface area contributed by atoms with Crippen molar-refractivity contribution in [2.75, 3.05) is 0 Å². The van der Waals surface area contributed by atoms with Crippen LogP contribution >= 0.6 is 0 Å². The summed E-state index contributed by atoms with van der Waals surface area (Å²) in [5.41, 5.74) is 18.3. The minimum Gasteiger partial charge on any atom is -0.383 e. The molecule has 0 aliphatic heterocycles. The van der Waals surface area contributed by atoms with Gasteiger partial charge in [-0.2, -0.15) is 0 Å². The molecular weight excluding hydrogens is 560 g/mol. The molecule has 0 saturated carbocycles. The van der Waals surface area contributed by atoms with E-state index >= 15 is 0 Å². The minimum absolute atomic E-state index is 0.0418. The maximum absolute atomic E-state index is 6.41. The van der Waals surface area contributed by atoms with Crippen LogP contribution in [0.2, 0.25) is 0 Å². The van der Waals surface area contributed by atoms with E-state index in [2.05, 4.69) is 103 Å². The van der Waals surface area contributed by atoms with E-state index < -0.39 is 0 Å². The van der Waals surface area contributed by atoms with E-state index in [0.717, 1.165) is 22.4 Å². The lowest BCUT2D eigenvalue weighted by molar-refractivity contribution is 0.661. The van der Waals surface area contributed by atoms with E-state index in [1.165, 1.54) is 44.1 Å². The van der Waals surface area contributed by atoms with E-state index in [9.17, 15) is 0 Å². The Morgan fingerprint density at radius 2 is 1.26 bits per heavy atom. The Morgan fingerprint density at radius 1 is 0.609 bits per heavy atom. The fourth-order valence-corrected chi connectivity index (χ4v) is 6.92. The SMILES string of the molecule is CC1(C)c2ccccc2-c2cc3c(cc21)c1ccccc1n3-c1ccc(CN=C(N=C(N)c2ccccc2)c2ccccc2)cc1. The van der Waals surface area contributed by atoms with Gasteiger partial charge in [0.05, 0.1) is 17.6 Å². The van der Waals surface area contributed by atoms with E-state index in [1.54, 1.807) is 0 Å². The number of nitrogens with zero attached hydrogens (tertiary/aromatic N) is 3. The standard InChI is InChI=1S/C42H34N4/c1-42(2)36-19-11-9-17-32(36)34-26-39-35(25-37(34)42)33-18-10-12-20-38(33)46(39)31-23-21-28(22-24-31)27-44-41(30-15-7-4-8-16-30)45-40(43)29-13-5-3-6-14-29/h3-26H,27H2,1-2H3,(H2,43,44,45). The zero-order chi connectivity index (χ0) is 31.3. The first-order valence-electron chi connectivity index (χ1n) is 15.8. The predicted octanol–water partition coefficient (Wildman–Crippen LogP) is 9.44. The molecule has 2 N–H and O–H groups in total. The first-order chi connectivity index (χ1) is 22.5. The van der Waals surface area contributed by atoms with Crippen LogP contribution in [0.15, 0.2) is 156 Å². The van der Waals surface area contributed by atoms with Gasteiger partial charge >= 0.3 is 0 Å². The summed E-state index contributed by atoms with van der Waals surface area (Å²) in [6, 6.07) is 51.0. The van der Waals surface area contributed by atoms with Crippen molar-refractivity contribution < 1.29 is 0 Å². The molecule has 0 saturated heterocycles. The third-order valence-corrected chi connectivity index (χ3v) is 9.31. The number of benzene rings is 6. The summed E-state index contributed by atoms with van der Waals surface area (Å²) in [4.78, 5) is 9.69. The van der Waals surface area contributed by atoms with Crippen molar-refractivity contribution in [1.82, 2.24) is 4.57 Å². The molecule has 0 spiro atoms. The maximum atomic E-state index is 6.41. The Labute approximate surface area is 269 Å². The highest BCUT2D eigenvalue weighted by molar-refractivity contribution is 6.12. The molecule has 6 aromatic carbocycles. The van der Waals surface area contributed by atoms with E-state index in [-0.39, 0.29) is 5.41 Å². The lowest BCUT2D eigenvalue weighted by Gasteiger charge is -2.21. The van der Waals surface area contributed by atoms with E-state index in [0.29, 0.717) is 18.2 Å². The van der Waals surface area contributed by atoms with Gasteiger partial charge < -0.3 is 10.3 Å². The first kappa shape index (κ1) is 27.8. The number of fused-ring (bicyclic) bond motifs is 6. The molecule has 1 aromatic heterocycles. The van der Waals surface area contributed by atoms with Gasteiger partial charge in [0.25, 0.3) is 0 Å². The third-order valence-electron chi connectivity index (χ3n) is 9.31. The van der Waals surface area contributed by atoms with Crippen molar-refractivity contribution in [1.29, 1.82) is 0 Å². The summed E-state index contributed by atoms with van der Waals surface area (Å²) >= 11 is 0. The van der Waals surface area contributed by atoms with Gasteiger partial charge in [-0.05, 0) is 58.1 Å². The quantitative estimate of drug-likeness (QED) is 0.157. The molecule has 0 amide bonds. The second kappa shape index (κ2) is 11.0. The summed E-state index contributed by atoms with van der Waals surface area (Å²) in [5, 5.41) is 2.55. The predicted molar refractivity (Wildman–Crippen MR) is 192 cm³/mol. The van der Waals surface area contributed by atoms with Crippen LogP contribution in [-0.2, 0) is 12.0 Å². The van der Waals surface area contributed by atoms with Crippen LogP contribution < -0.4 is 5.73 Å². The molecule has 222 valence electrons. The summed E-state index contributed by atoms with van der Waals surface area (Å²) < 4.78 is 2.40. The highest BCUT2D eigenvalue weighted by Crippen LogP contribution is 2.50. The van der Waals surface area contributed by atoms with Crippen LogP contribution in [0.5, 0.6) is 0 Å². The highest BCUT2D eigenvalue weighted by atomic mass is 15.0. The Bertz CT molecular complexity index is 2290. The van der Waals surface area contributed by atoms with Gasteiger partial charge in [-0.1, -0.05) is 129 Å². The summed E-state index contributed by atoms with van der Waals surface area (Å²) in [7, 11) is 0. The largest absolute Gasteiger partial charge is 0.383 e. The molecule has 7 aromatic rings. The Morgan fingerprint density at radius 3 is 2.02 bits per heavy atom. The van der Waals surface area contributed by atoms with Gasteiger partial charge in [0.2, 0.25) is 0 Å². The third kappa shape index (κ3) is 4.62. The average Bonchev–Trinajstić information content (AvgIpc) is 3.55. The summed E-state index contributed by atoms with van der Waals surface area (Å²) in [5.74, 6) is 1.06. The van der Waals surface area contributed by atoms with Gasteiger partial charge in [-0.25, -0.2) is 4.99 Å². The molecule has 1 aliphatic carbocycles. The molecule has 0 fully saturated rings. The minimum atomic E-state index is -0.0418. The van der Waals surface area contributed by atoms with Crippen molar-refractivity contribution in [3.63, 3.8) is 0 Å². The fourth-order valence-electron chi connectivity index (χ4n) is 6.92. The Balaban J connectivity index is 1.19. The molecule has 0 radical (unpaired) electrons. The van der Waals surface area contributed by atoms with Crippen LogP contribution in [0.25, 0.3) is 38.6 Å². The first-order valence-corrected chi connectivity index (χ1v) is 15.8. The van der Waals surface area contributed by atoms with Crippen LogP contribution in [-0.4, -0.2) is 16.2 Å². The van der Waals surface area contributed by atoms with Gasteiger partial charge in [0, 0.05) is 33.0 Å². The van der Waals surface area contributed by atoms with Crippen LogP contribution in [0.4, 0.5) is 0 Å². The van der Waals surface area contributed by atoms with Crippen molar-refractivity contribution in [3.05, 3.63) is 173 Å². The molecular formula is C42H34N4. The van der Waals surface area contributed by atoms with Gasteiger partial charge in [-0.15, -0.1) is 0 Å². The molecule has 0 atom stereocenters. The highest BCUT2D eigenvalue weighted by Gasteiger charge is 2.36. The molecule has 1 aliphatic rings. The van der Waals surface area contributed by atoms with Crippen molar-refractivity contribution in [2.45, 2.75) is 25.8 Å². The lowest BCUT2D eigenvalue weighted by Crippen LogP contribution is -2.16. The van der Waals surface area contributed by atoms with Crippen LogP contribution in [0.3, 0.4) is 0 Å². The molecule has 1 heterocycles. The number of aromatic nitrogens is 1. The average molecular weight is 595 g/mol. The Hall–Kier alpha value is -5.74. The van der Waals surface area contributed by atoms with Gasteiger partial charge in [0.1, 0.15) is 5.84 Å². The molecule has 0 bridgehead atoms. The van der Waals surface area contributed by atoms with Gasteiger partial charge in [0.15, 0.2) is 5.84 Å². The molecule has 4 heteroatoms. The normalized spacial score (nSPS) is 14.0. The Kier molecular flexibility index (Phi) is 6.65. The zero-order valence-electron chi connectivity index (χ0n) is 26.0. The monoisotopic (exact) mass is 594 g/mol. The van der Waals surface area contributed by atoms with Crippen molar-refractivity contribution in [2.24, 2.45) is 15.7 Å². The van der Waals surface area contributed by atoms with Crippen LogP contribution in [0.1, 0.15) is 41.7 Å². The molecule has 0 unspecified atom stereocenters. The number of para-hydroxylation sites is 1. The number of hydrogen-bond donors (Lipinski definition) is 1. The number of nitrogens with two attached hydrogens (primary N) is 1. The summed E-state index contributed by atoms with van der Waals surface area (Å²) in [6.07, 6.45) is 0. The van der Waals surface area contributed by atoms with E-state index in [1.807, 2.05) is 60.7 Å². The topological polar surface area (TPSA) is 55.7 Å². The van der Waals surface area contributed by atoms with Crippen molar-refractivity contribution in [3.8, 4) is 16.8 Å². The molecule has 4 nitrogen and oxygen atoms in total. The number of amidine groups is 2. The number of aliphatic imine (C=N–C) groups is 2. The molecule has 8 rings (SSSR count). The second-order valence-electron chi connectivity index (χ2n) is 12.5. The van der Waals surface area contributed by atoms with Gasteiger partial charge in [-0.3, -0.25) is 4.99 Å². The smallest absolute Gasteiger partial charge is 0.157 e. The fraction of sp³-hybridized carbons (Fsp3) is 0.0952.